The van der Waals surface area contributed by atoms with Crippen LogP contribution in [0, 0.1) is 24.2 Å². The van der Waals surface area contributed by atoms with Crippen LogP contribution in [-0.4, -0.2) is 31.5 Å². The van der Waals surface area contributed by atoms with Gasteiger partial charge in [-0.15, -0.1) is 10.2 Å². The molecule has 134 valence electrons. The second-order valence-electron chi connectivity index (χ2n) is 6.47. The SMILES string of the molecule is Cc1occc1-c1nnc(S[C@@H](C)C(=O)N[C@](C)(C#N)C(C)C)n1C. The van der Waals surface area contributed by atoms with Gasteiger partial charge in [0.15, 0.2) is 11.0 Å². The highest BCUT2D eigenvalue weighted by atomic mass is 32.2. The van der Waals surface area contributed by atoms with Crippen LogP contribution in [0.4, 0.5) is 0 Å². The molecule has 2 atom stereocenters. The summed E-state index contributed by atoms with van der Waals surface area (Å²) in [6, 6.07) is 4.02. The highest BCUT2D eigenvalue weighted by Crippen LogP contribution is 2.28. The number of nitrogens with one attached hydrogen (secondary N) is 1. The molecule has 0 unspecified atom stereocenters. The number of nitriles is 1. The Labute approximate surface area is 151 Å². The van der Waals surface area contributed by atoms with Gasteiger partial charge in [0.25, 0.3) is 0 Å². The standard InChI is InChI=1S/C17H23N5O2S/c1-10(2)17(5,9-18)19-15(23)12(4)25-16-21-20-14(22(16)6)13-7-8-24-11(13)3/h7-8,10,12H,1-6H3,(H,19,23)/t12-,17+/m0/s1. The van der Waals surface area contributed by atoms with Crippen molar-refractivity contribution in [2.24, 2.45) is 13.0 Å². The summed E-state index contributed by atoms with van der Waals surface area (Å²) in [6.45, 7) is 9.19. The Morgan fingerprint density at radius 3 is 2.64 bits per heavy atom. The van der Waals surface area contributed by atoms with Crippen molar-refractivity contribution in [3.05, 3.63) is 18.1 Å². The van der Waals surface area contributed by atoms with Crippen molar-refractivity contribution in [3.8, 4) is 17.5 Å². The van der Waals surface area contributed by atoms with Crippen molar-refractivity contribution in [2.45, 2.75) is 50.6 Å². The van der Waals surface area contributed by atoms with Gasteiger partial charge in [-0.3, -0.25) is 4.79 Å². The molecular weight excluding hydrogens is 338 g/mol. The van der Waals surface area contributed by atoms with Gasteiger partial charge in [-0.25, -0.2) is 0 Å². The van der Waals surface area contributed by atoms with E-state index in [1.165, 1.54) is 11.8 Å². The smallest absolute Gasteiger partial charge is 0.234 e. The van der Waals surface area contributed by atoms with Gasteiger partial charge in [0.05, 0.1) is 23.1 Å². The molecule has 0 aliphatic carbocycles. The number of thioether (sulfide) groups is 1. The predicted molar refractivity (Wildman–Crippen MR) is 95.8 cm³/mol. The summed E-state index contributed by atoms with van der Waals surface area (Å²) in [6.07, 6.45) is 1.61. The second kappa shape index (κ2) is 7.31. The average Bonchev–Trinajstić information content (AvgIpc) is 3.13. The molecule has 0 aliphatic heterocycles. The lowest BCUT2D eigenvalue weighted by molar-refractivity contribution is -0.121. The van der Waals surface area contributed by atoms with E-state index in [0.717, 1.165) is 11.3 Å². The molecule has 0 bridgehead atoms. The fourth-order valence-corrected chi connectivity index (χ4v) is 2.95. The van der Waals surface area contributed by atoms with Crippen molar-refractivity contribution in [2.75, 3.05) is 0 Å². The maximum atomic E-state index is 12.5. The summed E-state index contributed by atoms with van der Waals surface area (Å²) < 4.78 is 7.14. The minimum absolute atomic E-state index is 0.00384. The quantitative estimate of drug-likeness (QED) is 0.795. The summed E-state index contributed by atoms with van der Waals surface area (Å²) >= 11 is 1.30. The van der Waals surface area contributed by atoms with Crippen LogP contribution >= 0.6 is 11.8 Å². The number of hydrogen-bond donors (Lipinski definition) is 1. The van der Waals surface area contributed by atoms with Crippen LogP contribution in [0.3, 0.4) is 0 Å². The molecule has 1 amide bonds. The fourth-order valence-electron chi connectivity index (χ4n) is 2.14. The van der Waals surface area contributed by atoms with Gasteiger partial charge < -0.3 is 14.3 Å². The Morgan fingerprint density at radius 1 is 1.44 bits per heavy atom. The molecule has 1 N–H and O–H groups in total. The first-order valence-corrected chi connectivity index (χ1v) is 8.91. The maximum Gasteiger partial charge on any atom is 0.234 e. The number of nitrogens with zero attached hydrogens (tertiary/aromatic N) is 4. The number of hydrogen-bond acceptors (Lipinski definition) is 6. The van der Waals surface area contributed by atoms with E-state index < -0.39 is 10.8 Å². The van der Waals surface area contributed by atoms with Gasteiger partial charge in [0.2, 0.25) is 5.91 Å². The number of carbonyl (C=O) groups is 1. The van der Waals surface area contributed by atoms with Crippen molar-refractivity contribution in [1.82, 2.24) is 20.1 Å². The van der Waals surface area contributed by atoms with E-state index in [1.54, 1.807) is 20.1 Å². The minimum Gasteiger partial charge on any atom is -0.469 e. The fraction of sp³-hybridized carbons (Fsp3) is 0.529. The van der Waals surface area contributed by atoms with Gasteiger partial charge in [0.1, 0.15) is 11.3 Å². The number of carbonyl (C=O) groups excluding carboxylic acids is 1. The van der Waals surface area contributed by atoms with Gasteiger partial charge in [0, 0.05) is 7.05 Å². The third kappa shape index (κ3) is 3.87. The first-order valence-electron chi connectivity index (χ1n) is 8.03. The van der Waals surface area contributed by atoms with Gasteiger partial charge in [-0.1, -0.05) is 25.6 Å². The van der Waals surface area contributed by atoms with Gasteiger partial charge >= 0.3 is 0 Å². The van der Waals surface area contributed by atoms with Crippen LogP contribution < -0.4 is 5.32 Å². The third-order valence-electron chi connectivity index (χ3n) is 4.36. The van der Waals surface area contributed by atoms with E-state index in [0.29, 0.717) is 11.0 Å². The molecule has 25 heavy (non-hydrogen) atoms. The molecule has 7 nitrogen and oxygen atoms in total. The molecule has 8 heteroatoms. The van der Waals surface area contributed by atoms with Crippen molar-refractivity contribution in [1.29, 1.82) is 5.26 Å². The number of amides is 1. The summed E-state index contributed by atoms with van der Waals surface area (Å²) in [4.78, 5) is 12.5. The van der Waals surface area contributed by atoms with Gasteiger partial charge in [-0.2, -0.15) is 5.26 Å². The first kappa shape index (κ1) is 19.1. The molecule has 2 heterocycles. The lowest BCUT2D eigenvalue weighted by Gasteiger charge is -2.28. The van der Waals surface area contributed by atoms with E-state index in [-0.39, 0.29) is 11.8 Å². The highest BCUT2D eigenvalue weighted by Gasteiger charge is 2.32. The minimum atomic E-state index is -0.898. The number of rotatable bonds is 6. The Morgan fingerprint density at radius 2 is 2.12 bits per heavy atom. The molecule has 2 rings (SSSR count). The summed E-state index contributed by atoms with van der Waals surface area (Å²) in [5.41, 5.74) is -0.0268. The molecule has 0 radical (unpaired) electrons. The van der Waals surface area contributed by atoms with E-state index in [4.69, 9.17) is 4.42 Å². The summed E-state index contributed by atoms with van der Waals surface area (Å²) in [5.74, 6) is 1.25. The maximum absolute atomic E-state index is 12.5. The highest BCUT2D eigenvalue weighted by molar-refractivity contribution is 8.00. The normalized spacial score (nSPS) is 14.8. The predicted octanol–water partition coefficient (Wildman–Crippen LogP) is 2.92. The van der Waals surface area contributed by atoms with Crippen LogP contribution in [-0.2, 0) is 11.8 Å². The topological polar surface area (TPSA) is 96.7 Å². The van der Waals surface area contributed by atoms with Crippen molar-refractivity contribution >= 4 is 17.7 Å². The van der Waals surface area contributed by atoms with E-state index >= 15 is 0 Å². The summed E-state index contributed by atoms with van der Waals surface area (Å²) in [7, 11) is 1.85. The van der Waals surface area contributed by atoms with Crippen molar-refractivity contribution in [3.63, 3.8) is 0 Å². The molecule has 0 aromatic carbocycles. The zero-order valence-electron chi connectivity index (χ0n) is 15.3. The Hall–Kier alpha value is -2.27. The number of aryl methyl sites for hydroxylation is 1. The second-order valence-corrected chi connectivity index (χ2v) is 7.78. The molecule has 0 saturated heterocycles. The zero-order valence-corrected chi connectivity index (χ0v) is 16.1. The van der Waals surface area contributed by atoms with Crippen LogP contribution in [0.2, 0.25) is 0 Å². The number of aromatic nitrogens is 3. The third-order valence-corrected chi connectivity index (χ3v) is 5.49. The molecule has 2 aromatic heterocycles. The number of furan rings is 1. The average molecular weight is 361 g/mol. The molecule has 0 spiro atoms. The van der Waals surface area contributed by atoms with Crippen LogP contribution in [0.25, 0.3) is 11.4 Å². The van der Waals surface area contributed by atoms with Crippen molar-refractivity contribution < 1.29 is 9.21 Å². The molecule has 0 fully saturated rings. The summed E-state index contributed by atoms with van der Waals surface area (Å²) in [5, 5.41) is 20.8. The van der Waals surface area contributed by atoms with Crippen LogP contribution in [0.5, 0.6) is 0 Å². The lowest BCUT2D eigenvalue weighted by atomic mass is 9.90. The van der Waals surface area contributed by atoms with E-state index in [9.17, 15) is 10.1 Å². The van der Waals surface area contributed by atoms with Gasteiger partial charge in [-0.05, 0) is 32.8 Å². The zero-order chi connectivity index (χ0) is 18.8. The largest absolute Gasteiger partial charge is 0.469 e. The molecule has 0 saturated carbocycles. The van der Waals surface area contributed by atoms with E-state index in [1.807, 2.05) is 38.5 Å². The lowest BCUT2D eigenvalue weighted by Crippen LogP contribution is -2.51. The Bertz CT molecular complexity index is 804. The first-order chi connectivity index (χ1) is 11.7. The molecule has 0 aliphatic rings. The monoisotopic (exact) mass is 361 g/mol. The Kier molecular flexibility index (Phi) is 5.58. The van der Waals surface area contributed by atoms with Crippen LogP contribution in [0.15, 0.2) is 21.9 Å². The van der Waals surface area contributed by atoms with E-state index in [2.05, 4.69) is 21.6 Å². The Balaban J connectivity index is 2.13. The molecule has 2 aromatic rings. The van der Waals surface area contributed by atoms with Crippen LogP contribution in [0.1, 0.15) is 33.5 Å². The molecular formula is C17H23N5O2S.